The van der Waals surface area contributed by atoms with Gasteiger partial charge in [0.2, 0.25) is 5.91 Å². The Morgan fingerprint density at radius 1 is 1.25 bits per heavy atom. The van der Waals surface area contributed by atoms with Crippen LogP contribution in [0.1, 0.15) is 55.3 Å². The fourth-order valence-corrected chi connectivity index (χ4v) is 3.36. The molecule has 6 heteroatoms. The van der Waals surface area contributed by atoms with Crippen LogP contribution in [-0.2, 0) is 22.4 Å². The summed E-state index contributed by atoms with van der Waals surface area (Å²) in [7, 11) is 0. The molecule has 24 heavy (non-hydrogen) atoms. The standard InChI is InChI=1S/C18H23N3O3/c1-11(13-7-6-12-4-2-3-5-14(12)10-13)19-16(22)9-8-15-17(23)21-18(24)20-15/h6-7,10-11,15H,2-5,8-9H2,1H3,(H,19,22)(H2,20,21,23,24)/t11-,15+/m1/s1. The number of urea groups is 1. The first kappa shape index (κ1) is 16.5. The molecule has 1 aliphatic carbocycles. The minimum absolute atomic E-state index is 0.0725. The minimum atomic E-state index is -0.609. The second-order valence-corrected chi connectivity index (χ2v) is 6.58. The lowest BCUT2D eigenvalue weighted by molar-refractivity contribution is -0.122. The summed E-state index contributed by atoms with van der Waals surface area (Å²) < 4.78 is 0. The van der Waals surface area contributed by atoms with Crippen LogP contribution in [0, 0.1) is 0 Å². The lowest BCUT2D eigenvalue weighted by Gasteiger charge is -2.20. The molecule has 2 atom stereocenters. The summed E-state index contributed by atoms with van der Waals surface area (Å²) in [6.45, 7) is 1.96. The van der Waals surface area contributed by atoms with E-state index in [1.807, 2.05) is 6.92 Å². The van der Waals surface area contributed by atoms with Crippen LogP contribution in [0.3, 0.4) is 0 Å². The van der Waals surface area contributed by atoms with Crippen molar-refractivity contribution in [1.82, 2.24) is 16.0 Å². The molecule has 2 aliphatic rings. The van der Waals surface area contributed by atoms with Crippen molar-refractivity contribution in [3.05, 3.63) is 34.9 Å². The van der Waals surface area contributed by atoms with Gasteiger partial charge in [0.25, 0.3) is 5.91 Å². The predicted molar refractivity (Wildman–Crippen MR) is 89.3 cm³/mol. The largest absolute Gasteiger partial charge is 0.350 e. The number of rotatable bonds is 5. The number of nitrogens with one attached hydrogen (secondary N) is 3. The summed E-state index contributed by atoms with van der Waals surface area (Å²) >= 11 is 0. The third kappa shape index (κ3) is 3.75. The fourth-order valence-electron chi connectivity index (χ4n) is 3.36. The maximum Gasteiger partial charge on any atom is 0.322 e. The average molecular weight is 329 g/mol. The molecule has 3 N–H and O–H groups in total. The van der Waals surface area contributed by atoms with Gasteiger partial charge in [-0.25, -0.2) is 4.79 Å². The number of hydrogen-bond donors (Lipinski definition) is 3. The van der Waals surface area contributed by atoms with Crippen LogP contribution in [0.5, 0.6) is 0 Å². The van der Waals surface area contributed by atoms with Gasteiger partial charge in [0.15, 0.2) is 0 Å². The molecule has 4 amide bonds. The Balaban J connectivity index is 1.52. The number of amides is 4. The van der Waals surface area contributed by atoms with Crippen molar-refractivity contribution in [3.8, 4) is 0 Å². The molecular weight excluding hydrogens is 306 g/mol. The van der Waals surface area contributed by atoms with Gasteiger partial charge in [0, 0.05) is 6.42 Å². The number of carbonyl (C=O) groups is 3. The maximum atomic E-state index is 12.1. The molecule has 1 saturated heterocycles. The van der Waals surface area contributed by atoms with Crippen molar-refractivity contribution < 1.29 is 14.4 Å². The molecule has 1 heterocycles. The zero-order valence-corrected chi connectivity index (χ0v) is 13.9. The second kappa shape index (κ2) is 7.03. The third-order valence-electron chi connectivity index (χ3n) is 4.77. The van der Waals surface area contributed by atoms with E-state index in [9.17, 15) is 14.4 Å². The van der Waals surface area contributed by atoms with E-state index in [0.717, 1.165) is 18.4 Å². The van der Waals surface area contributed by atoms with E-state index in [4.69, 9.17) is 0 Å². The van der Waals surface area contributed by atoms with Gasteiger partial charge >= 0.3 is 6.03 Å². The predicted octanol–water partition coefficient (Wildman–Crippen LogP) is 1.73. The highest BCUT2D eigenvalue weighted by Crippen LogP contribution is 2.24. The van der Waals surface area contributed by atoms with Crippen LogP contribution in [0.2, 0.25) is 0 Å². The monoisotopic (exact) mass is 329 g/mol. The lowest BCUT2D eigenvalue weighted by atomic mass is 9.89. The molecule has 0 aromatic heterocycles. The second-order valence-electron chi connectivity index (χ2n) is 6.58. The molecule has 1 aromatic carbocycles. The molecule has 3 rings (SSSR count). The molecular formula is C18H23N3O3. The Morgan fingerprint density at radius 3 is 2.71 bits per heavy atom. The number of imide groups is 1. The highest BCUT2D eigenvalue weighted by atomic mass is 16.2. The van der Waals surface area contributed by atoms with Crippen LogP contribution < -0.4 is 16.0 Å². The van der Waals surface area contributed by atoms with E-state index in [1.165, 1.54) is 24.0 Å². The van der Waals surface area contributed by atoms with E-state index in [0.29, 0.717) is 6.42 Å². The molecule has 1 aromatic rings. The first-order valence-electron chi connectivity index (χ1n) is 8.55. The Hall–Kier alpha value is -2.37. The molecule has 0 bridgehead atoms. The van der Waals surface area contributed by atoms with Crippen molar-refractivity contribution >= 4 is 17.8 Å². The van der Waals surface area contributed by atoms with Gasteiger partial charge in [0.1, 0.15) is 6.04 Å². The molecule has 0 spiro atoms. The van der Waals surface area contributed by atoms with Crippen molar-refractivity contribution in [2.75, 3.05) is 0 Å². The van der Waals surface area contributed by atoms with Gasteiger partial charge in [-0.2, -0.15) is 0 Å². The summed E-state index contributed by atoms with van der Waals surface area (Å²) in [6.07, 6.45) is 5.25. The third-order valence-corrected chi connectivity index (χ3v) is 4.77. The molecule has 1 fully saturated rings. The minimum Gasteiger partial charge on any atom is -0.350 e. The molecule has 6 nitrogen and oxygen atoms in total. The topological polar surface area (TPSA) is 87.3 Å². The van der Waals surface area contributed by atoms with Gasteiger partial charge in [-0.05, 0) is 55.7 Å². The van der Waals surface area contributed by atoms with E-state index in [2.05, 4.69) is 34.1 Å². The summed E-state index contributed by atoms with van der Waals surface area (Å²) in [5, 5.41) is 7.63. The molecule has 0 radical (unpaired) electrons. The van der Waals surface area contributed by atoms with Gasteiger partial charge in [-0.3, -0.25) is 14.9 Å². The van der Waals surface area contributed by atoms with E-state index in [-0.39, 0.29) is 24.3 Å². The zero-order chi connectivity index (χ0) is 17.1. The highest BCUT2D eigenvalue weighted by Gasteiger charge is 2.29. The van der Waals surface area contributed by atoms with Crippen LogP contribution >= 0.6 is 0 Å². The Bertz CT molecular complexity index is 671. The molecule has 1 aliphatic heterocycles. The number of carbonyl (C=O) groups excluding carboxylic acids is 3. The first-order chi connectivity index (χ1) is 11.5. The lowest BCUT2D eigenvalue weighted by Crippen LogP contribution is -2.32. The van der Waals surface area contributed by atoms with E-state index >= 15 is 0 Å². The van der Waals surface area contributed by atoms with Crippen LogP contribution in [0.15, 0.2) is 18.2 Å². The van der Waals surface area contributed by atoms with Crippen LogP contribution in [0.4, 0.5) is 4.79 Å². The zero-order valence-electron chi connectivity index (χ0n) is 13.9. The van der Waals surface area contributed by atoms with Crippen molar-refractivity contribution in [2.45, 2.75) is 57.5 Å². The van der Waals surface area contributed by atoms with Crippen LogP contribution in [-0.4, -0.2) is 23.9 Å². The van der Waals surface area contributed by atoms with Crippen molar-refractivity contribution in [3.63, 3.8) is 0 Å². The number of aryl methyl sites for hydroxylation is 2. The Labute approximate surface area is 141 Å². The van der Waals surface area contributed by atoms with Crippen molar-refractivity contribution in [2.24, 2.45) is 0 Å². The smallest absolute Gasteiger partial charge is 0.322 e. The highest BCUT2D eigenvalue weighted by molar-refractivity contribution is 6.04. The Morgan fingerprint density at radius 2 is 2.00 bits per heavy atom. The summed E-state index contributed by atoms with van der Waals surface area (Å²) in [5.74, 6) is -0.482. The number of fused-ring (bicyclic) bond motifs is 1. The van der Waals surface area contributed by atoms with Gasteiger partial charge in [-0.15, -0.1) is 0 Å². The Kier molecular flexibility index (Phi) is 4.83. The average Bonchev–Trinajstić information content (AvgIpc) is 2.90. The van der Waals surface area contributed by atoms with Gasteiger partial charge in [-0.1, -0.05) is 18.2 Å². The summed E-state index contributed by atoms with van der Waals surface area (Å²) in [5.41, 5.74) is 3.92. The first-order valence-corrected chi connectivity index (χ1v) is 8.55. The normalized spacial score (nSPS) is 20.8. The fraction of sp³-hybridized carbons (Fsp3) is 0.500. The van der Waals surface area contributed by atoms with Gasteiger partial charge in [0.05, 0.1) is 6.04 Å². The van der Waals surface area contributed by atoms with E-state index in [1.54, 1.807) is 0 Å². The van der Waals surface area contributed by atoms with E-state index < -0.39 is 12.1 Å². The van der Waals surface area contributed by atoms with Crippen LogP contribution in [0.25, 0.3) is 0 Å². The number of benzene rings is 1. The van der Waals surface area contributed by atoms with Gasteiger partial charge < -0.3 is 10.6 Å². The molecule has 128 valence electrons. The number of hydrogen-bond acceptors (Lipinski definition) is 3. The molecule has 0 saturated carbocycles. The maximum absolute atomic E-state index is 12.1. The summed E-state index contributed by atoms with van der Waals surface area (Å²) in [6, 6.07) is 5.28. The van der Waals surface area contributed by atoms with Crippen molar-refractivity contribution in [1.29, 1.82) is 0 Å². The summed E-state index contributed by atoms with van der Waals surface area (Å²) in [4.78, 5) is 34.6. The quantitative estimate of drug-likeness (QED) is 0.719. The molecule has 0 unspecified atom stereocenters. The SMILES string of the molecule is C[C@@H](NC(=O)CC[C@@H]1NC(=O)NC1=O)c1ccc2c(c1)CCCC2.